The van der Waals surface area contributed by atoms with Gasteiger partial charge in [-0.25, -0.2) is 24.0 Å². The van der Waals surface area contributed by atoms with Crippen LogP contribution >= 0.6 is 0 Å². The lowest BCUT2D eigenvalue weighted by molar-refractivity contribution is -0.174. The monoisotopic (exact) mass is 840 g/mol. The van der Waals surface area contributed by atoms with Crippen molar-refractivity contribution in [3.8, 4) is 22.6 Å². The van der Waals surface area contributed by atoms with Crippen LogP contribution in [0.25, 0.3) is 11.1 Å². The third kappa shape index (κ3) is 17.1. The number of carbonyl (C=O) groups excluding carboxylic acids is 5. The molecular weight excluding hydrogens is 781 g/mol. The molecule has 0 heterocycles. The van der Waals surface area contributed by atoms with Crippen LogP contribution in [-0.2, 0) is 67.1 Å². The highest BCUT2D eigenvalue weighted by molar-refractivity contribution is 6.29. The van der Waals surface area contributed by atoms with Gasteiger partial charge in [-0.05, 0) is 105 Å². The van der Waals surface area contributed by atoms with E-state index in [1.54, 1.807) is 19.1 Å². The average Bonchev–Trinajstić information content (AvgIpc) is 3.25. The topological polar surface area (TPSA) is 150 Å². The molecule has 0 aliphatic rings. The van der Waals surface area contributed by atoms with E-state index in [9.17, 15) is 24.0 Å². The van der Waals surface area contributed by atoms with E-state index in [4.69, 9.17) is 33.2 Å². The molecule has 0 radical (unpaired) electrons. The Balaban J connectivity index is 1.79. The minimum Gasteiger partial charge on any atom is -0.494 e. The Kier molecular flexibility index (Phi) is 20.5. The molecule has 0 N–H and O–H groups in total. The van der Waals surface area contributed by atoms with E-state index in [0.29, 0.717) is 12.4 Å². The average molecular weight is 841 g/mol. The van der Waals surface area contributed by atoms with Crippen LogP contribution in [0.4, 0.5) is 0 Å². The van der Waals surface area contributed by atoms with Crippen LogP contribution in [0.2, 0.25) is 0 Å². The van der Waals surface area contributed by atoms with Gasteiger partial charge in [-0.2, -0.15) is 0 Å². The van der Waals surface area contributed by atoms with E-state index in [-0.39, 0.29) is 36.5 Å². The molecule has 0 saturated heterocycles. The third-order valence-electron chi connectivity index (χ3n) is 9.38. The number of benzene rings is 3. The predicted octanol–water partition coefficient (Wildman–Crippen LogP) is 8.82. The standard InChI is InChI=1S/C49H60O12/c1-9-11-12-13-15-37-17-22-41(23-18-37)56-27-14-16-38-19-26-43(40(28-38)29-57-44(50)34(3)4)39-20-24-42(25-21-39)58-30-49(31-59-45(51)35(5)6,32-60-46(52)36(7)8)33-61-48(54)47(53)55-10-2/h17-26,28H,3,5,7,9-16,27,29-33H2,1-2,4,6,8H3. The summed E-state index contributed by atoms with van der Waals surface area (Å²) in [5.74, 6) is -3.27. The zero-order valence-corrected chi connectivity index (χ0v) is 36.3. The first kappa shape index (κ1) is 49.2. The van der Waals surface area contributed by atoms with Crippen molar-refractivity contribution in [3.63, 3.8) is 0 Å². The van der Waals surface area contributed by atoms with Gasteiger partial charge in [0.15, 0.2) is 0 Å². The van der Waals surface area contributed by atoms with Gasteiger partial charge in [0.1, 0.15) is 49.9 Å². The maximum atomic E-state index is 12.4. The van der Waals surface area contributed by atoms with Crippen molar-refractivity contribution in [1.29, 1.82) is 0 Å². The van der Waals surface area contributed by atoms with Crippen LogP contribution in [0.5, 0.6) is 11.5 Å². The van der Waals surface area contributed by atoms with Crippen molar-refractivity contribution < 1.29 is 57.1 Å². The minimum atomic E-state index is -1.48. The number of carbonyl (C=O) groups is 5. The van der Waals surface area contributed by atoms with E-state index in [1.807, 2.05) is 42.5 Å². The predicted molar refractivity (Wildman–Crippen MR) is 232 cm³/mol. The van der Waals surface area contributed by atoms with E-state index in [2.05, 4.69) is 38.8 Å². The Morgan fingerprint density at radius 2 is 1.03 bits per heavy atom. The van der Waals surface area contributed by atoms with Crippen LogP contribution in [0.1, 0.15) is 83.4 Å². The Morgan fingerprint density at radius 3 is 1.61 bits per heavy atom. The highest BCUT2D eigenvalue weighted by atomic mass is 16.6. The highest BCUT2D eigenvalue weighted by Crippen LogP contribution is 2.30. The van der Waals surface area contributed by atoms with Gasteiger partial charge in [-0.15, -0.1) is 0 Å². The van der Waals surface area contributed by atoms with Crippen LogP contribution in [0.3, 0.4) is 0 Å². The van der Waals surface area contributed by atoms with E-state index in [1.165, 1.54) is 52.0 Å². The molecule has 0 fully saturated rings. The summed E-state index contributed by atoms with van der Waals surface area (Å²) in [6.45, 7) is 17.9. The summed E-state index contributed by atoms with van der Waals surface area (Å²) in [7, 11) is 0. The van der Waals surface area contributed by atoms with E-state index < -0.39 is 55.1 Å². The number of hydrogen-bond acceptors (Lipinski definition) is 12. The third-order valence-corrected chi connectivity index (χ3v) is 9.38. The smallest absolute Gasteiger partial charge is 0.417 e. The van der Waals surface area contributed by atoms with Crippen molar-refractivity contribution in [3.05, 3.63) is 120 Å². The first-order valence-electron chi connectivity index (χ1n) is 20.6. The second-order valence-electron chi connectivity index (χ2n) is 15.1. The lowest BCUT2D eigenvalue weighted by atomic mass is 9.92. The minimum absolute atomic E-state index is 0.0211. The largest absolute Gasteiger partial charge is 0.494 e. The number of ether oxygens (including phenoxy) is 7. The fourth-order valence-corrected chi connectivity index (χ4v) is 5.81. The van der Waals surface area contributed by atoms with Gasteiger partial charge < -0.3 is 33.2 Å². The Bertz CT molecular complexity index is 1950. The van der Waals surface area contributed by atoms with Gasteiger partial charge >= 0.3 is 29.8 Å². The lowest BCUT2D eigenvalue weighted by Gasteiger charge is -2.32. The van der Waals surface area contributed by atoms with E-state index >= 15 is 0 Å². The molecule has 3 rings (SSSR count). The molecule has 3 aromatic rings. The van der Waals surface area contributed by atoms with Crippen molar-refractivity contribution in [1.82, 2.24) is 0 Å². The number of esters is 5. The molecule has 12 nitrogen and oxygen atoms in total. The van der Waals surface area contributed by atoms with Crippen LogP contribution < -0.4 is 9.47 Å². The second kappa shape index (κ2) is 25.5. The van der Waals surface area contributed by atoms with Crippen molar-refractivity contribution in [2.45, 2.75) is 86.2 Å². The zero-order chi connectivity index (χ0) is 44.8. The molecule has 0 aliphatic carbocycles. The van der Waals surface area contributed by atoms with Gasteiger partial charge in [0, 0.05) is 16.7 Å². The SMILES string of the molecule is C=C(C)C(=O)OCc1cc(CCCOc2ccc(CCCCCC)cc2)ccc1-c1ccc(OCC(COC(=O)C(=C)C)(COC(=O)C(=C)C)COC(=O)C(=O)OCC)cc1. The highest BCUT2D eigenvalue weighted by Gasteiger charge is 2.38. The Hall–Kier alpha value is -6.17. The summed E-state index contributed by atoms with van der Waals surface area (Å²) in [6.07, 6.45) is 7.52. The first-order chi connectivity index (χ1) is 29.2. The van der Waals surface area contributed by atoms with Gasteiger partial charge in [-0.1, -0.05) is 88.4 Å². The molecule has 0 unspecified atom stereocenters. The van der Waals surface area contributed by atoms with Crippen molar-refractivity contribution in [2.75, 3.05) is 39.6 Å². The molecule has 61 heavy (non-hydrogen) atoms. The quantitative estimate of drug-likeness (QED) is 0.0250. The molecule has 0 aliphatic heterocycles. The van der Waals surface area contributed by atoms with Gasteiger partial charge in [0.2, 0.25) is 0 Å². The summed E-state index contributed by atoms with van der Waals surface area (Å²) in [5, 5.41) is 0. The molecule has 12 heteroatoms. The van der Waals surface area contributed by atoms with Gasteiger partial charge in [0.05, 0.1) is 13.2 Å². The number of unbranched alkanes of at least 4 members (excludes halogenated alkanes) is 3. The Morgan fingerprint density at radius 1 is 0.525 bits per heavy atom. The normalized spacial score (nSPS) is 10.8. The molecule has 0 spiro atoms. The van der Waals surface area contributed by atoms with Gasteiger partial charge in [0.25, 0.3) is 0 Å². The zero-order valence-electron chi connectivity index (χ0n) is 36.3. The van der Waals surface area contributed by atoms with E-state index in [0.717, 1.165) is 47.3 Å². The van der Waals surface area contributed by atoms with Crippen LogP contribution in [-0.4, -0.2) is 69.5 Å². The molecule has 0 saturated carbocycles. The molecule has 328 valence electrons. The number of rotatable bonds is 26. The van der Waals surface area contributed by atoms with Crippen molar-refractivity contribution in [2.24, 2.45) is 5.41 Å². The molecule has 0 bridgehead atoms. The molecule has 3 aromatic carbocycles. The molecular formula is C49H60O12. The van der Waals surface area contributed by atoms with Crippen LogP contribution in [0, 0.1) is 5.41 Å². The summed E-state index contributed by atoms with van der Waals surface area (Å²) in [4.78, 5) is 61.8. The van der Waals surface area contributed by atoms with Gasteiger partial charge in [-0.3, -0.25) is 0 Å². The lowest BCUT2D eigenvalue weighted by Crippen LogP contribution is -2.45. The molecule has 0 atom stereocenters. The van der Waals surface area contributed by atoms with Crippen molar-refractivity contribution >= 4 is 29.8 Å². The summed E-state index contributed by atoms with van der Waals surface area (Å²) in [5.41, 5.74) is 3.81. The maximum absolute atomic E-state index is 12.4. The maximum Gasteiger partial charge on any atom is 0.417 e. The first-order valence-corrected chi connectivity index (χ1v) is 20.6. The summed E-state index contributed by atoms with van der Waals surface area (Å²) >= 11 is 0. The number of hydrogen-bond donors (Lipinski definition) is 0. The van der Waals surface area contributed by atoms with Crippen LogP contribution in [0.15, 0.2) is 103 Å². The Labute approximate surface area is 359 Å². The fraction of sp³-hybridized carbons (Fsp3) is 0.408. The summed E-state index contributed by atoms with van der Waals surface area (Å²) in [6, 6.07) is 21.4. The number of aryl methyl sites for hydroxylation is 2. The second-order valence-corrected chi connectivity index (χ2v) is 15.1. The fourth-order valence-electron chi connectivity index (χ4n) is 5.81. The molecule has 0 aromatic heterocycles. The molecule has 0 amide bonds. The summed E-state index contributed by atoms with van der Waals surface area (Å²) < 4.78 is 38.6.